The molecule has 0 amide bonds. The van der Waals surface area contributed by atoms with Gasteiger partial charge < -0.3 is 4.90 Å². The van der Waals surface area contributed by atoms with E-state index >= 15 is 0 Å². The minimum atomic E-state index is 0.175. The Morgan fingerprint density at radius 2 is 1.93 bits per heavy atom. The van der Waals surface area contributed by atoms with Gasteiger partial charge in [-0.3, -0.25) is 11.3 Å². The van der Waals surface area contributed by atoms with Gasteiger partial charge in [0.15, 0.2) is 0 Å². The normalized spacial score (nSPS) is 23.4. The molecular weight excluding hydrogens is 174 g/mol. The number of rotatable bonds is 4. The Morgan fingerprint density at radius 1 is 1.36 bits per heavy atom. The van der Waals surface area contributed by atoms with Gasteiger partial charge in [0.25, 0.3) is 0 Å². The maximum atomic E-state index is 5.59. The number of likely N-dealkylation sites (N-methyl/N-ethyl adjacent to an activating group) is 1. The van der Waals surface area contributed by atoms with Crippen LogP contribution in [-0.4, -0.2) is 30.6 Å². The van der Waals surface area contributed by atoms with Crippen LogP contribution >= 0.6 is 0 Å². The molecule has 3 N–H and O–H groups in total. The van der Waals surface area contributed by atoms with E-state index in [4.69, 9.17) is 5.84 Å². The van der Waals surface area contributed by atoms with E-state index in [1.54, 1.807) is 0 Å². The van der Waals surface area contributed by atoms with Crippen molar-refractivity contribution in [2.24, 2.45) is 5.84 Å². The lowest BCUT2D eigenvalue weighted by atomic mass is 9.75. The molecule has 0 aromatic rings. The van der Waals surface area contributed by atoms with Crippen LogP contribution in [0.2, 0.25) is 0 Å². The van der Waals surface area contributed by atoms with E-state index in [1.807, 2.05) is 6.08 Å². The molecule has 0 aromatic carbocycles. The van der Waals surface area contributed by atoms with Crippen LogP contribution in [-0.2, 0) is 0 Å². The number of nitrogens with zero attached hydrogens (tertiary/aromatic N) is 1. The first-order chi connectivity index (χ1) is 6.67. The highest BCUT2D eigenvalue weighted by Gasteiger charge is 2.39. The average Bonchev–Trinajstić information content (AvgIpc) is 2.21. The molecule has 1 unspecified atom stereocenters. The minimum Gasteiger partial charge on any atom is -0.302 e. The number of nitrogens with two attached hydrogens (primary N) is 1. The Morgan fingerprint density at radius 3 is 2.29 bits per heavy atom. The van der Waals surface area contributed by atoms with Crippen molar-refractivity contribution in [3.63, 3.8) is 0 Å². The zero-order valence-electron chi connectivity index (χ0n) is 9.42. The summed E-state index contributed by atoms with van der Waals surface area (Å²) in [5.41, 5.74) is 3.06. The van der Waals surface area contributed by atoms with Crippen molar-refractivity contribution in [1.29, 1.82) is 0 Å². The Labute approximate surface area is 87.3 Å². The van der Waals surface area contributed by atoms with E-state index in [-0.39, 0.29) is 11.6 Å². The van der Waals surface area contributed by atoms with Crippen molar-refractivity contribution in [2.45, 2.75) is 43.7 Å². The van der Waals surface area contributed by atoms with Gasteiger partial charge in [-0.2, -0.15) is 0 Å². The molecule has 3 nitrogen and oxygen atoms in total. The van der Waals surface area contributed by atoms with Gasteiger partial charge in [0, 0.05) is 5.54 Å². The molecular formula is C11H23N3. The Kier molecular flexibility index (Phi) is 4.11. The molecule has 0 spiro atoms. The van der Waals surface area contributed by atoms with Gasteiger partial charge in [-0.25, -0.2) is 0 Å². The molecule has 0 heterocycles. The van der Waals surface area contributed by atoms with Crippen LogP contribution < -0.4 is 11.3 Å². The monoisotopic (exact) mass is 197 g/mol. The molecule has 0 bridgehead atoms. The summed E-state index contributed by atoms with van der Waals surface area (Å²) in [4.78, 5) is 2.30. The lowest BCUT2D eigenvalue weighted by molar-refractivity contribution is 0.0739. The predicted molar refractivity (Wildman–Crippen MR) is 60.8 cm³/mol. The van der Waals surface area contributed by atoms with Crippen LogP contribution in [0.3, 0.4) is 0 Å². The Balaban J connectivity index is 2.83. The molecule has 3 heteroatoms. The second-order valence-electron chi connectivity index (χ2n) is 4.44. The topological polar surface area (TPSA) is 41.3 Å². The minimum absolute atomic E-state index is 0.175. The zero-order valence-corrected chi connectivity index (χ0v) is 9.42. The number of hydrogen-bond acceptors (Lipinski definition) is 3. The third kappa shape index (κ3) is 2.00. The average molecular weight is 197 g/mol. The molecule has 0 aliphatic heterocycles. The summed E-state index contributed by atoms with van der Waals surface area (Å²) in [6.07, 6.45) is 8.30. The van der Waals surface area contributed by atoms with Crippen molar-refractivity contribution in [3.05, 3.63) is 12.7 Å². The highest BCUT2D eigenvalue weighted by molar-refractivity contribution is 5.07. The van der Waals surface area contributed by atoms with Crippen molar-refractivity contribution >= 4 is 0 Å². The molecule has 14 heavy (non-hydrogen) atoms. The van der Waals surface area contributed by atoms with Gasteiger partial charge in [0.05, 0.1) is 6.04 Å². The van der Waals surface area contributed by atoms with Gasteiger partial charge in [0.2, 0.25) is 0 Å². The lowest BCUT2D eigenvalue weighted by Gasteiger charge is -2.47. The zero-order chi connectivity index (χ0) is 10.6. The molecule has 1 fully saturated rings. The van der Waals surface area contributed by atoms with Crippen molar-refractivity contribution < 1.29 is 0 Å². The van der Waals surface area contributed by atoms with Crippen molar-refractivity contribution in [3.8, 4) is 0 Å². The first-order valence-electron chi connectivity index (χ1n) is 5.43. The standard InChI is InChI=1S/C11H23N3/c1-4-10(13-12)11(14(2)3)8-6-5-7-9-11/h4,10,13H,1,5-9,12H2,2-3H3. The molecule has 1 rings (SSSR count). The van der Waals surface area contributed by atoms with E-state index in [9.17, 15) is 0 Å². The fourth-order valence-corrected chi connectivity index (χ4v) is 2.64. The maximum Gasteiger partial charge on any atom is 0.0571 e. The van der Waals surface area contributed by atoms with Crippen LogP contribution in [0.1, 0.15) is 32.1 Å². The summed E-state index contributed by atoms with van der Waals surface area (Å²) in [5, 5.41) is 0. The van der Waals surface area contributed by atoms with Gasteiger partial charge in [-0.15, -0.1) is 6.58 Å². The van der Waals surface area contributed by atoms with Crippen LogP contribution in [0.4, 0.5) is 0 Å². The molecule has 1 aliphatic rings. The van der Waals surface area contributed by atoms with E-state index in [0.29, 0.717) is 0 Å². The van der Waals surface area contributed by atoms with E-state index < -0.39 is 0 Å². The predicted octanol–water partition coefficient (Wildman–Crippen LogP) is 1.27. The molecule has 1 atom stereocenters. The first-order valence-corrected chi connectivity index (χ1v) is 5.43. The molecule has 0 aromatic heterocycles. The summed E-state index contributed by atoms with van der Waals surface area (Å²) >= 11 is 0. The van der Waals surface area contributed by atoms with Gasteiger partial charge in [0.1, 0.15) is 0 Å². The Hall–Kier alpha value is -0.380. The summed E-state index contributed by atoms with van der Waals surface area (Å²) in [6, 6.07) is 0.192. The summed E-state index contributed by atoms with van der Waals surface area (Å²) in [5.74, 6) is 5.59. The van der Waals surface area contributed by atoms with Crippen molar-refractivity contribution in [1.82, 2.24) is 10.3 Å². The summed E-state index contributed by atoms with van der Waals surface area (Å²) < 4.78 is 0. The third-order valence-corrected chi connectivity index (χ3v) is 3.60. The molecule has 1 aliphatic carbocycles. The number of hydrogen-bond donors (Lipinski definition) is 2. The third-order valence-electron chi connectivity index (χ3n) is 3.60. The highest BCUT2D eigenvalue weighted by atomic mass is 15.3. The van der Waals surface area contributed by atoms with Crippen LogP contribution in [0.25, 0.3) is 0 Å². The van der Waals surface area contributed by atoms with Crippen LogP contribution in [0, 0.1) is 0 Å². The number of hydrazine groups is 1. The smallest absolute Gasteiger partial charge is 0.0571 e. The SMILES string of the molecule is C=CC(NN)C1(N(C)C)CCCCC1. The largest absolute Gasteiger partial charge is 0.302 e. The second-order valence-corrected chi connectivity index (χ2v) is 4.44. The van der Waals surface area contributed by atoms with Gasteiger partial charge in [-0.05, 0) is 26.9 Å². The molecule has 1 saturated carbocycles. The van der Waals surface area contributed by atoms with E-state index in [2.05, 4.69) is 31.0 Å². The fraction of sp³-hybridized carbons (Fsp3) is 0.818. The van der Waals surface area contributed by atoms with E-state index in [1.165, 1.54) is 32.1 Å². The van der Waals surface area contributed by atoms with E-state index in [0.717, 1.165) is 0 Å². The van der Waals surface area contributed by atoms with Gasteiger partial charge in [-0.1, -0.05) is 25.3 Å². The number of nitrogens with one attached hydrogen (secondary N) is 1. The van der Waals surface area contributed by atoms with Crippen LogP contribution in [0.5, 0.6) is 0 Å². The first kappa shape index (κ1) is 11.7. The quantitative estimate of drug-likeness (QED) is 0.405. The molecule has 82 valence electrons. The maximum absolute atomic E-state index is 5.59. The highest BCUT2D eigenvalue weighted by Crippen LogP contribution is 2.35. The second kappa shape index (κ2) is 4.91. The summed E-state index contributed by atoms with van der Waals surface area (Å²) in [7, 11) is 4.28. The lowest BCUT2D eigenvalue weighted by Crippen LogP contribution is -2.60. The summed E-state index contributed by atoms with van der Waals surface area (Å²) in [6.45, 7) is 3.87. The molecule has 0 radical (unpaired) electrons. The Bertz CT molecular complexity index is 183. The fourth-order valence-electron chi connectivity index (χ4n) is 2.64. The molecule has 0 saturated heterocycles. The van der Waals surface area contributed by atoms with Gasteiger partial charge >= 0.3 is 0 Å². The van der Waals surface area contributed by atoms with Crippen LogP contribution in [0.15, 0.2) is 12.7 Å². The van der Waals surface area contributed by atoms with Crippen molar-refractivity contribution in [2.75, 3.05) is 14.1 Å².